The van der Waals surface area contributed by atoms with Crippen LogP contribution in [0.5, 0.6) is 0 Å². The van der Waals surface area contributed by atoms with Gasteiger partial charge >= 0.3 is 0 Å². The monoisotopic (exact) mass is 313 g/mol. The zero-order valence-corrected chi connectivity index (χ0v) is 14.3. The van der Waals surface area contributed by atoms with E-state index in [1.165, 1.54) is 0 Å². The number of aromatic nitrogens is 1. The normalized spacial score (nSPS) is 20.5. The lowest BCUT2D eigenvalue weighted by molar-refractivity contribution is 0.453. The molecule has 1 saturated heterocycles. The van der Waals surface area contributed by atoms with E-state index in [-0.39, 0.29) is 0 Å². The Bertz CT molecular complexity index is 578. The summed E-state index contributed by atoms with van der Waals surface area (Å²) in [5.41, 5.74) is 0.994. The van der Waals surface area contributed by atoms with Crippen LogP contribution in [0.15, 0.2) is 17.2 Å². The molecule has 0 aromatic carbocycles. The van der Waals surface area contributed by atoms with Crippen LogP contribution in [0, 0.1) is 5.92 Å². The Hall–Kier alpha value is -0.850. The fourth-order valence-corrected chi connectivity index (χ4v) is 4.33. The van der Waals surface area contributed by atoms with Gasteiger partial charge in [0.2, 0.25) is 10.0 Å². The van der Waals surface area contributed by atoms with Crippen LogP contribution in [0.2, 0.25) is 0 Å². The Morgan fingerprint density at radius 3 is 2.71 bits per heavy atom. The Morgan fingerprint density at radius 1 is 1.43 bits per heavy atom. The fraction of sp³-hybridized carbons (Fsp3) is 0.733. The molecule has 1 N–H and O–H groups in total. The minimum absolute atomic E-state index is 0.379. The Morgan fingerprint density at radius 2 is 2.14 bits per heavy atom. The van der Waals surface area contributed by atoms with E-state index in [0.717, 1.165) is 18.5 Å². The first kappa shape index (κ1) is 16.5. The van der Waals surface area contributed by atoms with Gasteiger partial charge in [-0.15, -0.1) is 0 Å². The number of hydrogen-bond acceptors (Lipinski definition) is 3. The molecule has 1 aliphatic heterocycles. The molecule has 2 rings (SSSR count). The maximum Gasteiger partial charge on any atom is 0.244 e. The van der Waals surface area contributed by atoms with Gasteiger partial charge in [0.05, 0.1) is 0 Å². The Balaban J connectivity index is 2.15. The zero-order chi connectivity index (χ0) is 15.6. The number of sulfonamides is 1. The first-order valence-electron chi connectivity index (χ1n) is 7.73. The highest BCUT2D eigenvalue weighted by Crippen LogP contribution is 2.26. The van der Waals surface area contributed by atoms with Crippen LogP contribution in [-0.4, -0.2) is 36.4 Å². The molecule has 1 fully saturated rings. The fourth-order valence-electron chi connectivity index (χ4n) is 2.70. The van der Waals surface area contributed by atoms with Gasteiger partial charge < -0.3 is 9.88 Å². The van der Waals surface area contributed by atoms with Crippen LogP contribution in [0.25, 0.3) is 0 Å². The van der Waals surface area contributed by atoms with E-state index in [4.69, 9.17) is 0 Å². The molecule has 0 radical (unpaired) electrons. The van der Waals surface area contributed by atoms with E-state index in [1.807, 2.05) is 11.6 Å². The summed E-state index contributed by atoms with van der Waals surface area (Å²) in [6.45, 7) is 8.27. The molecule has 0 saturated carbocycles. The Kier molecular flexibility index (Phi) is 5.11. The lowest BCUT2D eigenvalue weighted by atomic mass is 10.1. The molecule has 0 bridgehead atoms. The second kappa shape index (κ2) is 6.50. The second-order valence-electron chi connectivity index (χ2n) is 6.24. The summed E-state index contributed by atoms with van der Waals surface area (Å²) >= 11 is 0. The van der Waals surface area contributed by atoms with E-state index in [1.54, 1.807) is 16.6 Å². The smallest absolute Gasteiger partial charge is 0.244 e. The summed E-state index contributed by atoms with van der Waals surface area (Å²) in [5, 5.41) is 3.32. The Labute approximate surface area is 128 Å². The van der Waals surface area contributed by atoms with Crippen molar-refractivity contribution in [1.29, 1.82) is 0 Å². The van der Waals surface area contributed by atoms with Crippen LogP contribution in [0.4, 0.5) is 0 Å². The van der Waals surface area contributed by atoms with Gasteiger partial charge in [0.15, 0.2) is 0 Å². The number of hydrogen-bond donors (Lipinski definition) is 1. The van der Waals surface area contributed by atoms with Crippen LogP contribution in [-0.2, 0) is 23.6 Å². The highest BCUT2D eigenvalue weighted by Gasteiger charge is 2.32. The van der Waals surface area contributed by atoms with Crippen molar-refractivity contribution in [3.8, 4) is 0 Å². The van der Waals surface area contributed by atoms with E-state index in [0.29, 0.717) is 36.5 Å². The number of rotatable bonds is 6. The third-order valence-electron chi connectivity index (χ3n) is 4.24. The van der Waals surface area contributed by atoms with E-state index >= 15 is 0 Å². The molecule has 21 heavy (non-hydrogen) atoms. The summed E-state index contributed by atoms with van der Waals surface area (Å²) in [4.78, 5) is 0.419. The minimum Gasteiger partial charge on any atom is -0.352 e. The average Bonchev–Trinajstić information content (AvgIpc) is 3.03. The van der Waals surface area contributed by atoms with E-state index < -0.39 is 10.0 Å². The summed E-state index contributed by atoms with van der Waals surface area (Å²) in [7, 11) is -1.44. The number of nitrogens with one attached hydrogen (secondary N) is 1. The molecule has 1 aromatic heterocycles. The third-order valence-corrected chi connectivity index (χ3v) is 6.07. The van der Waals surface area contributed by atoms with Crippen LogP contribution in [0.3, 0.4) is 0 Å². The standard InChI is InChI=1S/C15H27N3O2S/c1-5-13-6-7-18(10-13)21(19,20)15-8-14(17(4)11-15)9-16-12(2)3/h8,11-13,16H,5-7,9-10H2,1-4H3. The van der Waals surface area contributed by atoms with Gasteiger partial charge in [-0.3, -0.25) is 0 Å². The second-order valence-corrected chi connectivity index (χ2v) is 8.18. The largest absolute Gasteiger partial charge is 0.352 e. The maximum absolute atomic E-state index is 12.7. The first-order valence-corrected chi connectivity index (χ1v) is 9.17. The number of aryl methyl sites for hydroxylation is 1. The van der Waals surface area contributed by atoms with Gasteiger partial charge in [-0.1, -0.05) is 27.2 Å². The first-order chi connectivity index (χ1) is 9.84. The van der Waals surface area contributed by atoms with Crippen molar-refractivity contribution >= 4 is 10.0 Å². The van der Waals surface area contributed by atoms with Gasteiger partial charge in [0.1, 0.15) is 4.90 Å². The van der Waals surface area contributed by atoms with E-state index in [2.05, 4.69) is 26.1 Å². The quantitative estimate of drug-likeness (QED) is 0.873. The molecule has 1 atom stereocenters. The molecule has 1 unspecified atom stereocenters. The van der Waals surface area contributed by atoms with Crippen molar-refractivity contribution in [2.75, 3.05) is 13.1 Å². The third kappa shape index (κ3) is 3.67. The van der Waals surface area contributed by atoms with Crippen LogP contribution in [0.1, 0.15) is 39.3 Å². The highest BCUT2D eigenvalue weighted by atomic mass is 32.2. The van der Waals surface area contributed by atoms with Gasteiger partial charge in [-0.2, -0.15) is 4.31 Å². The molecule has 5 nitrogen and oxygen atoms in total. The molecular weight excluding hydrogens is 286 g/mol. The van der Waals surface area contributed by atoms with Crippen molar-refractivity contribution in [2.24, 2.45) is 13.0 Å². The van der Waals surface area contributed by atoms with Crippen molar-refractivity contribution in [2.45, 2.75) is 51.1 Å². The molecule has 120 valence electrons. The van der Waals surface area contributed by atoms with Gasteiger partial charge in [0, 0.05) is 44.6 Å². The molecule has 0 aliphatic carbocycles. The predicted molar refractivity (Wildman–Crippen MR) is 84.5 cm³/mol. The maximum atomic E-state index is 12.7. The van der Waals surface area contributed by atoms with Crippen molar-refractivity contribution < 1.29 is 8.42 Å². The lowest BCUT2D eigenvalue weighted by Crippen LogP contribution is -2.28. The summed E-state index contributed by atoms with van der Waals surface area (Å²) in [6.07, 6.45) is 3.75. The van der Waals surface area contributed by atoms with Crippen molar-refractivity contribution in [3.05, 3.63) is 18.0 Å². The number of nitrogens with zero attached hydrogens (tertiary/aromatic N) is 2. The van der Waals surface area contributed by atoms with E-state index in [9.17, 15) is 8.42 Å². The molecule has 6 heteroatoms. The minimum atomic E-state index is -3.34. The van der Waals surface area contributed by atoms with Gasteiger partial charge in [-0.05, 0) is 18.4 Å². The molecular formula is C15H27N3O2S. The van der Waals surface area contributed by atoms with Crippen LogP contribution < -0.4 is 5.32 Å². The zero-order valence-electron chi connectivity index (χ0n) is 13.5. The molecule has 1 aliphatic rings. The highest BCUT2D eigenvalue weighted by molar-refractivity contribution is 7.89. The molecule has 0 amide bonds. The summed E-state index contributed by atoms with van der Waals surface area (Å²) in [5.74, 6) is 0.505. The van der Waals surface area contributed by atoms with Crippen LogP contribution >= 0.6 is 0 Å². The molecule has 2 heterocycles. The van der Waals surface area contributed by atoms with Gasteiger partial charge in [-0.25, -0.2) is 8.42 Å². The molecule has 1 aromatic rings. The average molecular weight is 313 g/mol. The van der Waals surface area contributed by atoms with Gasteiger partial charge in [0.25, 0.3) is 0 Å². The topological polar surface area (TPSA) is 54.3 Å². The summed E-state index contributed by atoms with van der Waals surface area (Å²) in [6, 6.07) is 2.17. The lowest BCUT2D eigenvalue weighted by Gasteiger charge is -2.15. The predicted octanol–water partition coefficient (Wildman–Crippen LogP) is 1.94. The summed E-state index contributed by atoms with van der Waals surface area (Å²) < 4.78 is 28.9. The van der Waals surface area contributed by atoms with Crippen molar-refractivity contribution in [1.82, 2.24) is 14.2 Å². The van der Waals surface area contributed by atoms with Crippen molar-refractivity contribution in [3.63, 3.8) is 0 Å². The molecule has 0 spiro atoms. The SMILES string of the molecule is CCC1CCN(S(=O)(=O)c2cc(CNC(C)C)n(C)c2)C1.